The fourth-order valence-corrected chi connectivity index (χ4v) is 4.50. The second-order valence-corrected chi connectivity index (χ2v) is 8.92. The maximum Gasteiger partial charge on any atom is 0.413 e. The second-order valence-electron chi connectivity index (χ2n) is 5.93. The van der Waals surface area contributed by atoms with Gasteiger partial charge in [-0.3, -0.25) is 4.18 Å². The Hall–Kier alpha value is 0.0500. The first-order valence-corrected chi connectivity index (χ1v) is 11.5. The van der Waals surface area contributed by atoms with Gasteiger partial charge in [-0.1, -0.05) is 64.7 Å². The van der Waals surface area contributed by atoms with Gasteiger partial charge >= 0.3 is 6.18 Å². The van der Waals surface area contributed by atoms with Crippen LogP contribution in [-0.2, 0) is 14.3 Å². The van der Waals surface area contributed by atoms with Crippen molar-refractivity contribution in [1.29, 1.82) is 0 Å². The average Bonchev–Trinajstić information content (AvgIpc) is 2.49. The molecule has 0 aliphatic heterocycles. The number of alkyl halides is 3. The summed E-state index contributed by atoms with van der Waals surface area (Å²) in [6.45, 7) is 0.474. The molecule has 0 saturated heterocycles. The van der Waals surface area contributed by atoms with Gasteiger partial charge in [0, 0.05) is 5.75 Å². The lowest BCUT2D eigenvalue weighted by Gasteiger charge is -2.08. The topological polar surface area (TPSA) is 43.4 Å². The van der Waals surface area contributed by atoms with Crippen molar-refractivity contribution in [3.8, 4) is 0 Å². The van der Waals surface area contributed by atoms with Crippen LogP contribution in [0.2, 0.25) is 0 Å². The van der Waals surface area contributed by atoms with E-state index < -0.39 is 22.9 Å². The van der Waals surface area contributed by atoms with Crippen LogP contribution in [0, 0.1) is 0 Å². The highest BCUT2D eigenvalue weighted by molar-refractivity contribution is 8.00. The first-order chi connectivity index (χ1) is 11.3. The molecule has 146 valence electrons. The van der Waals surface area contributed by atoms with Crippen LogP contribution in [0.4, 0.5) is 13.2 Å². The molecule has 0 aliphatic rings. The van der Waals surface area contributed by atoms with E-state index in [1.54, 1.807) is 0 Å². The first kappa shape index (κ1) is 24.1. The quantitative estimate of drug-likeness (QED) is 0.255. The second kappa shape index (κ2) is 14.2. The van der Waals surface area contributed by atoms with Gasteiger partial charge in [-0.2, -0.15) is 33.4 Å². The highest BCUT2D eigenvalue weighted by Crippen LogP contribution is 2.17. The van der Waals surface area contributed by atoms with Crippen LogP contribution < -0.4 is 0 Å². The Balaban J connectivity index is 3.36. The van der Waals surface area contributed by atoms with Gasteiger partial charge in [-0.05, 0) is 12.2 Å². The standard InChI is InChI=1S/C16H31F3O3S2/c1-2-3-4-5-6-7-8-9-10-11-12-23-13-14-24(20,21)22-15-16(17,18)19/h2-15H2,1H3. The van der Waals surface area contributed by atoms with Crippen molar-refractivity contribution in [1.82, 2.24) is 0 Å². The molecule has 0 radical (unpaired) electrons. The van der Waals surface area contributed by atoms with E-state index in [0.717, 1.165) is 18.6 Å². The summed E-state index contributed by atoms with van der Waals surface area (Å²) in [5.74, 6) is 0.744. The van der Waals surface area contributed by atoms with E-state index in [1.165, 1.54) is 63.1 Å². The molecule has 0 aromatic heterocycles. The Bertz CT molecular complexity index is 385. The van der Waals surface area contributed by atoms with Crippen LogP contribution in [0.3, 0.4) is 0 Å². The number of hydrogen-bond acceptors (Lipinski definition) is 4. The summed E-state index contributed by atoms with van der Waals surface area (Å²) in [5.41, 5.74) is 0. The van der Waals surface area contributed by atoms with E-state index in [2.05, 4.69) is 11.1 Å². The zero-order valence-electron chi connectivity index (χ0n) is 14.6. The van der Waals surface area contributed by atoms with E-state index >= 15 is 0 Å². The zero-order chi connectivity index (χ0) is 18.3. The molecule has 24 heavy (non-hydrogen) atoms. The summed E-state index contributed by atoms with van der Waals surface area (Å²) in [7, 11) is -4.07. The summed E-state index contributed by atoms with van der Waals surface area (Å²) in [6, 6.07) is 0. The summed E-state index contributed by atoms with van der Waals surface area (Å²) in [5, 5.41) is 0. The molecule has 0 aromatic carbocycles. The third kappa shape index (κ3) is 18.4. The van der Waals surface area contributed by atoms with Gasteiger partial charge in [0.05, 0.1) is 5.75 Å². The van der Waals surface area contributed by atoms with Gasteiger partial charge in [0.2, 0.25) is 0 Å². The van der Waals surface area contributed by atoms with Crippen molar-refractivity contribution >= 4 is 21.9 Å². The summed E-state index contributed by atoms with van der Waals surface area (Å²) < 4.78 is 62.1. The smallest absolute Gasteiger partial charge is 0.260 e. The van der Waals surface area contributed by atoms with Crippen LogP contribution in [-0.4, -0.2) is 38.5 Å². The normalized spacial score (nSPS) is 12.7. The zero-order valence-corrected chi connectivity index (χ0v) is 16.2. The monoisotopic (exact) mass is 392 g/mol. The number of halogens is 3. The van der Waals surface area contributed by atoms with E-state index in [-0.39, 0.29) is 11.5 Å². The Morgan fingerprint density at radius 2 is 1.33 bits per heavy atom. The van der Waals surface area contributed by atoms with Crippen molar-refractivity contribution in [3.63, 3.8) is 0 Å². The van der Waals surface area contributed by atoms with Crippen molar-refractivity contribution in [2.24, 2.45) is 0 Å². The lowest BCUT2D eigenvalue weighted by atomic mass is 10.1. The maximum atomic E-state index is 11.9. The van der Waals surface area contributed by atoms with Gasteiger partial charge in [-0.15, -0.1) is 0 Å². The summed E-state index contributed by atoms with van der Waals surface area (Å²) >= 11 is 1.45. The fourth-order valence-electron chi connectivity index (χ4n) is 2.17. The van der Waals surface area contributed by atoms with E-state index in [0.29, 0.717) is 0 Å². The van der Waals surface area contributed by atoms with Crippen LogP contribution in [0.15, 0.2) is 0 Å². The molecule has 0 atom stereocenters. The minimum absolute atomic E-state index is 0.275. The largest absolute Gasteiger partial charge is 0.413 e. The van der Waals surface area contributed by atoms with E-state index in [1.807, 2.05) is 0 Å². The minimum Gasteiger partial charge on any atom is -0.260 e. The third-order valence-electron chi connectivity index (χ3n) is 3.52. The summed E-state index contributed by atoms with van der Waals surface area (Å²) in [4.78, 5) is 0. The van der Waals surface area contributed by atoms with Crippen molar-refractivity contribution in [2.45, 2.75) is 77.3 Å². The molecule has 0 heterocycles. The molecule has 0 saturated carbocycles. The van der Waals surface area contributed by atoms with E-state index in [9.17, 15) is 21.6 Å². The van der Waals surface area contributed by atoms with Gasteiger partial charge < -0.3 is 0 Å². The van der Waals surface area contributed by atoms with Crippen LogP contribution in [0.25, 0.3) is 0 Å². The molecule has 0 N–H and O–H groups in total. The first-order valence-electron chi connectivity index (χ1n) is 8.78. The third-order valence-corrected chi connectivity index (χ3v) is 6.03. The molecule has 8 heteroatoms. The van der Waals surface area contributed by atoms with Crippen molar-refractivity contribution in [2.75, 3.05) is 23.9 Å². The lowest BCUT2D eigenvalue weighted by molar-refractivity contribution is -0.152. The average molecular weight is 393 g/mol. The van der Waals surface area contributed by atoms with Crippen molar-refractivity contribution < 1.29 is 25.8 Å². The molecule has 0 amide bonds. The maximum absolute atomic E-state index is 11.9. The number of rotatable bonds is 16. The number of thioether (sulfide) groups is 1. The van der Waals surface area contributed by atoms with E-state index in [4.69, 9.17) is 0 Å². The van der Waals surface area contributed by atoms with Gasteiger partial charge in [0.25, 0.3) is 10.1 Å². The molecule has 0 unspecified atom stereocenters. The van der Waals surface area contributed by atoms with Gasteiger partial charge in [0.15, 0.2) is 6.61 Å². The molecule has 0 bridgehead atoms. The molecular weight excluding hydrogens is 361 g/mol. The summed E-state index contributed by atoms with van der Waals surface area (Å²) in [6.07, 6.45) is 7.83. The lowest BCUT2D eigenvalue weighted by Crippen LogP contribution is -2.22. The Labute approximate surface area is 149 Å². The number of unbranched alkanes of at least 4 members (excludes halogenated alkanes) is 9. The fraction of sp³-hybridized carbons (Fsp3) is 1.00. The van der Waals surface area contributed by atoms with Gasteiger partial charge in [-0.25, -0.2) is 0 Å². The minimum atomic E-state index is -4.61. The Morgan fingerprint density at radius 3 is 1.83 bits per heavy atom. The molecule has 0 rings (SSSR count). The van der Waals surface area contributed by atoms with Crippen LogP contribution >= 0.6 is 11.8 Å². The van der Waals surface area contributed by atoms with Crippen LogP contribution in [0.5, 0.6) is 0 Å². The molecule has 0 fully saturated rings. The van der Waals surface area contributed by atoms with Crippen LogP contribution in [0.1, 0.15) is 71.1 Å². The van der Waals surface area contributed by atoms with Gasteiger partial charge in [0.1, 0.15) is 0 Å². The Kier molecular flexibility index (Phi) is 14.3. The number of hydrogen-bond donors (Lipinski definition) is 0. The highest BCUT2D eigenvalue weighted by Gasteiger charge is 2.30. The predicted octanol–water partition coefficient (Wildman–Crippen LogP) is 5.55. The highest BCUT2D eigenvalue weighted by atomic mass is 32.2. The Morgan fingerprint density at radius 1 is 0.833 bits per heavy atom. The molecular formula is C16H31F3O3S2. The SMILES string of the molecule is CCCCCCCCCCCCSCCS(=O)(=O)OCC(F)(F)F. The molecule has 0 spiro atoms. The molecule has 0 aliphatic carbocycles. The molecule has 0 aromatic rings. The predicted molar refractivity (Wildman–Crippen MR) is 95.0 cm³/mol. The van der Waals surface area contributed by atoms with Crippen molar-refractivity contribution in [3.05, 3.63) is 0 Å². The molecule has 3 nitrogen and oxygen atoms in total.